The van der Waals surface area contributed by atoms with Crippen molar-refractivity contribution in [2.24, 2.45) is 0 Å². The van der Waals surface area contributed by atoms with Crippen LogP contribution in [-0.2, 0) is 4.79 Å². The highest BCUT2D eigenvalue weighted by atomic mass is 16.5. The summed E-state index contributed by atoms with van der Waals surface area (Å²) in [6.45, 7) is 4.40. The summed E-state index contributed by atoms with van der Waals surface area (Å²) in [5, 5.41) is 14.7. The molecular weight excluding hydrogens is 304 g/mol. The van der Waals surface area contributed by atoms with E-state index in [1.807, 2.05) is 26.0 Å². The van der Waals surface area contributed by atoms with E-state index in [0.29, 0.717) is 18.1 Å². The molecule has 2 aromatic rings. The lowest BCUT2D eigenvalue weighted by atomic mass is 10.2. The molecule has 122 valence electrons. The Kier molecular flexibility index (Phi) is 5.92. The van der Waals surface area contributed by atoms with Crippen molar-refractivity contribution in [1.82, 2.24) is 4.98 Å². The van der Waals surface area contributed by atoms with Gasteiger partial charge in [0.05, 0.1) is 6.61 Å². The Balaban J connectivity index is 2.01. The zero-order valence-corrected chi connectivity index (χ0v) is 13.5. The van der Waals surface area contributed by atoms with E-state index in [4.69, 9.17) is 10.00 Å². The molecule has 1 aromatic carbocycles. The minimum atomic E-state index is -0.499. The summed E-state index contributed by atoms with van der Waals surface area (Å²) in [5.41, 5.74) is 1.56. The lowest BCUT2D eigenvalue weighted by molar-refractivity contribution is -0.112. The third kappa shape index (κ3) is 4.85. The van der Waals surface area contributed by atoms with Crippen molar-refractivity contribution < 1.29 is 9.53 Å². The molecule has 24 heavy (non-hydrogen) atoms. The first-order valence-corrected chi connectivity index (χ1v) is 7.46. The van der Waals surface area contributed by atoms with Gasteiger partial charge in [-0.2, -0.15) is 5.26 Å². The average molecular weight is 322 g/mol. The summed E-state index contributed by atoms with van der Waals surface area (Å²) in [4.78, 5) is 16.3. The van der Waals surface area contributed by atoms with Crippen molar-refractivity contribution in [2.45, 2.75) is 13.8 Å². The number of carbonyl (C=O) groups is 1. The summed E-state index contributed by atoms with van der Waals surface area (Å²) in [5.74, 6) is 0.780. The van der Waals surface area contributed by atoms with E-state index in [0.717, 1.165) is 11.3 Å². The number of amides is 1. The Morgan fingerprint density at radius 1 is 1.29 bits per heavy atom. The maximum absolute atomic E-state index is 12.1. The Hall–Kier alpha value is -3.33. The Bertz CT molecular complexity index is 759. The van der Waals surface area contributed by atoms with Gasteiger partial charge in [-0.25, -0.2) is 4.98 Å². The predicted molar refractivity (Wildman–Crippen MR) is 92.5 cm³/mol. The molecule has 6 heteroatoms. The lowest BCUT2D eigenvalue weighted by Gasteiger charge is -2.07. The predicted octanol–water partition coefficient (Wildman–Crippen LogP) is 3.25. The molecule has 6 nitrogen and oxygen atoms in total. The molecule has 2 N–H and O–H groups in total. The van der Waals surface area contributed by atoms with Crippen molar-refractivity contribution in [2.75, 3.05) is 17.2 Å². The third-order valence-corrected chi connectivity index (χ3v) is 3.06. The summed E-state index contributed by atoms with van der Waals surface area (Å²) in [6, 6.07) is 12.5. The molecule has 2 rings (SSSR count). The fourth-order valence-corrected chi connectivity index (χ4v) is 1.85. The summed E-state index contributed by atoms with van der Waals surface area (Å²) >= 11 is 0. The summed E-state index contributed by atoms with van der Waals surface area (Å²) in [6.07, 6.45) is 3.03. The van der Waals surface area contributed by atoms with E-state index in [2.05, 4.69) is 15.6 Å². The number of benzene rings is 1. The molecule has 0 aliphatic carbocycles. The number of nitrogens with one attached hydrogen (secondary N) is 2. The number of carbonyl (C=O) groups excluding carboxylic acids is 1. The minimum absolute atomic E-state index is 0.0498. The van der Waals surface area contributed by atoms with Crippen LogP contribution < -0.4 is 15.4 Å². The molecule has 0 aliphatic heterocycles. The standard InChI is InChI=1S/C18H18N4O2/c1-3-24-16-7-5-15(6-8-16)22-18(23)14(10-19)12-21-17-9-4-13(2)11-20-17/h4-9,11-12H,3H2,1-2H3,(H,20,21)(H,22,23)/b14-12-. The molecule has 1 heterocycles. The highest BCUT2D eigenvalue weighted by molar-refractivity contribution is 6.06. The summed E-state index contributed by atoms with van der Waals surface area (Å²) in [7, 11) is 0. The van der Waals surface area contributed by atoms with Gasteiger partial charge in [0.15, 0.2) is 0 Å². The van der Waals surface area contributed by atoms with Crippen molar-refractivity contribution in [3.63, 3.8) is 0 Å². The van der Waals surface area contributed by atoms with Crippen LogP contribution in [0.4, 0.5) is 11.5 Å². The number of aryl methyl sites for hydroxylation is 1. The van der Waals surface area contributed by atoms with Crippen LogP contribution >= 0.6 is 0 Å². The number of nitriles is 1. The molecule has 0 atom stereocenters. The Morgan fingerprint density at radius 3 is 2.62 bits per heavy atom. The molecule has 1 amide bonds. The second kappa shape index (κ2) is 8.34. The molecule has 0 radical (unpaired) electrons. The van der Waals surface area contributed by atoms with Crippen LogP contribution in [0.2, 0.25) is 0 Å². The van der Waals surface area contributed by atoms with E-state index >= 15 is 0 Å². The smallest absolute Gasteiger partial charge is 0.267 e. The Morgan fingerprint density at radius 2 is 2.04 bits per heavy atom. The van der Waals surface area contributed by atoms with Gasteiger partial charge in [0.1, 0.15) is 23.2 Å². The van der Waals surface area contributed by atoms with Gasteiger partial charge in [0, 0.05) is 18.1 Å². The van der Waals surface area contributed by atoms with Crippen LogP contribution in [-0.4, -0.2) is 17.5 Å². The molecule has 0 bridgehead atoms. The van der Waals surface area contributed by atoms with Crippen LogP contribution in [0.25, 0.3) is 0 Å². The molecule has 0 saturated heterocycles. The van der Waals surface area contributed by atoms with Crippen molar-refractivity contribution >= 4 is 17.4 Å². The van der Waals surface area contributed by atoms with Crippen LogP contribution in [0.15, 0.2) is 54.4 Å². The minimum Gasteiger partial charge on any atom is -0.494 e. The first-order chi connectivity index (χ1) is 11.6. The molecular formula is C18H18N4O2. The van der Waals surface area contributed by atoms with Gasteiger partial charge in [-0.05, 0) is 49.7 Å². The first-order valence-electron chi connectivity index (χ1n) is 7.46. The number of pyridine rings is 1. The fraction of sp³-hybridized carbons (Fsp3) is 0.167. The van der Waals surface area contributed by atoms with Crippen LogP contribution in [0.1, 0.15) is 12.5 Å². The van der Waals surface area contributed by atoms with E-state index in [1.54, 1.807) is 36.5 Å². The highest BCUT2D eigenvalue weighted by Gasteiger charge is 2.09. The van der Waals surface area contributed by atoms with Crippen molar-refractivity contribution in [1.29, 1.82) is 5.26 Å². The maximum atomic E-state index is 12.1. The van der Waals surface area contributed by atoms with Gasteiger partial charge in [-0.3, -0.25) is 4.79 Å². The number of hydrogen-bond donors (Lipinski definition) is 2. The van der Waals surface area contributed by atoms with E-state index < -0.39 is 5.91 Å². The van der Waals surface area contributed by atoms with Gasteiger partial charge < -0.3 is 15.4 Å². The largest absolute Gasteiger partial charge is 0.494 e. The van der Waals surface area contributed by atoms with Crippen LogP contribution in [0.5, 0.6) is 5.75 Å². The Labute approximate surface area is 140 Å². The number of rotatable bonds is 6. The van der Waals surface area contributed by atoms with E-state index in [9.17, 15) is 4.79 Å². The SMILES string of the molecule is CCOc1ccc(NC(=O)/C(C#N)=C\Nc2ccc(C)cn2)cc1. The molecule has 0 aliphatic rings. The molecule has 0 saturated carbocycles. The number of aromatic nitrogens is 1. The quantitative estimate of drug-likeness (QED) is 0.630. The fourth-order valence-electron chi connectivity index (χ4n) is 1.85. The van der Waals surface area contributed by atoms with Gasteiger partial charge >= 0.3 is 0 Å². The number of ether oxygens (including phenoxy) is 1. The molecule has 0 unspecified atom stereocenters. The van der Waals surface area contributed by atoms with Crippen LogP contribution in [0.3, 0.4) is 0 Å². The monoisotopic (exact) mass is 322 g/mol. The summed E-state index contributed by atoms with van der Waals surface area (Å²) < 4.78 is 5.34. The molecule has 1 aromatic heterocycles. The maximum Gasteiger partial charge on any atom is 0.267 e. The zero-order valence-electron chi connectivity index (χ0n) is 13.5. The first kappa shape index (κ1) is 17.0. The lowest BCUT2D eigenvalue weighted by Crippen LogP contribution is -2.14. The molecule has 0 fully saturated rings. The molecule has 0 spiro atoms. The second-order valence-electron chi connectivity index (χ2n) is 4.95. The number of nitrogens with zero attached hydrogens (tertiary/aromatic N) is 2. The zero-order chi connectivity index (χ0) is 17.4. The van der Waals surface area contributed by atoms with Crippen LogP contribution in [0, 0.1) is 18.3 Å². The van der Waals surface area contributed by atoms with Crippen molar-refractivity contribution in [3.05, 3.63) is 59.9 Å². The van der Waals surface area contributed by atoms with E-state index in [-0.39, 0.29) is 5.57 Å². The van der Waals surface area contributed by atoms with Gasteiger partial charge in [0.25, 0.3) is 5.91 Å². The number of hydrogen-bond acceptors (Lipinski definition) is 5. The van der Waals surface area contributed by atoms with Gasteiger partial charge in [0.2, 0.25) is 0 Å². The van der Waals surface area contributed by atoms with Crippen molar-refractivity contribution in [3.8, 4) is 11.8 Å². The second-order valence-corrected chi connectivity index (χ2v) is 4.95. The van der Waals surface area contributed by atoms with E-state index in [1.165, 1.54) is 6.20 Å². The topological polar surface area (TPSA) is 87.0 Å². The highest BCUT2D eigenvalue weighted by Crippen LogP contribution is 2.16. The van der Waals surface area contributed by atoms with Gasteiger partial charge in [-0.15, -0.1) is 0 Å². The van der Waals surface area contributed by atoms with Gasteiger partial charge in [-0.1, -0.05) is 6.07 Å². The third-order valence-electron chi connectivity index (χ3n) is 3.06. The normalized spacial score (nSPS) is 10.6. The number of anilines is 2. The average Bonchev–Trinajstić information content (AvgIpc) is 2.59.